The lowest BCUT2D eigenvalue weighted by molar-refractivity contribution is 0.550. The third kappa shape index (κ3) is 3.73. The lowest BCUT2D eigenvalue weighted by Crippen LogP contribution is -2.22. The van der Waals surface area contributed by atoms with Crippen LogP contribution in [0.3, 0.4) is 0 Å². The molecule has 0 aromatic carbocycles. The van der Waals surface area contributed by atoms with Crippen LogP contribution >= 0.6 is 0 Å². The molecule has 1 rings (SSSR count). The van der Waals surface area contributed by atoms with Gasteiger partial charge in [0.1, 0.15) is 0 Å². The van der Waals surface area contributed by atoms with Crippen LogP contribution in [-0.4, -0.2) is 32.6 Å². The topological polar surface area (TPSA) is 3.01 Å². The Kier molecular flexibility index (Phi) is 2.90. The van der Waals surface area contributed by atoms with E-state index in [9.17, 15) is 0 Å². The first-order chi connectivity index (χ1) is 5.14. The predicted molar refractivity (Wildman–Crippen MR) is 53.5 cm³/mol. The van der Waals surface area contributed by atoms with Gasteiger partial charge in [-0.05, 0) is 13.0 Å². The molecule has 0 aromatic heterocycles. The molecule has 1 aliphatic rings. The normalized spacial score (nSPS) is 18.4. The van der Waals surface area contributed by atoms with Crippen LogP contribution in [0.1, 0.15) is 6.42 Å². The molecule has 0 aromatic rings. The summed E-state index contributed by atoms with van der Waals surface area (Å²) < 4.78 is 0. The van der Waals surface area contributed by atoms with E-state index in [-0.39, 0.29) is 0 Å². The third-order valence-electron chi connectivity index (χ3n) is 2.39. The molecule has 1 fully saturated rings. The van der Waals surface area contributed by atoms with Gasteiger partial charge in [0.15, 0.2) is 0 Å². The summed E-state index contributed by atoms with van der Waals surface area (Å²) in [6, 6.07) is 1.41. The van der Waals surface area contributed by atoms with Crippen molar-refractivity contribution in [3.05, 3.63) is 12.3 Å². The highest BCUT2D eigenvalue weighted by Gasteiger charge is 2.19. The second-order valence-electron chi connectivity index (χ2n) is 4.14. The van der Waals surface area contributed by atoms with Gasteiger partial charge < -0.3 is 4.90 Å². The Labute approximate surface area is 71.1 Å². The highest BCUT2D eigenvalue weighted by molar-refractivity contribution is 6.82. The molecule has 2 heteroatoms. The van der Waals surface area contributed by atoms with Crippen LogP contribution in [0.15, 0.2) is 12.3 Å². The summed E-state index contributed by atoms with van der Waals surface area (Å²) in [6.07, 6.45) is 1.38. The van der Waals surface area contributed by atoms with E-state index in [0.29, 0.717) is 0 Å². The lowest BCUT2D eigenvalue weighted by atomic mass is 10.5. The summed E-state index contributed by atoms with van der Waals surface area (Å²) in [4.78, 5) is 2.49. The SMILES string of the molecule is C=C[Si](C)(C)CCCN1CC1. The van der Waals surface area contributed by atoms with Gasteiger partial charge in [-0.25, -0.2) is 0 Å². The molecular formula is C9H19NSi. The Morgan fingerprint density at radius 1 is 1.45 bits per heavy atom. The molecule has 1 nitrogen and oxygen atoms in total. The highest BCUT2D eigenvalue weighted by Crippen LogP contribution is 2.14. The first-order valence-electron chi connectivity index (χ1n) is 4.50. The van der Waals surface area contributed by atoms with Crippen molar-refractivity contribution in [3.8, 4) is 0 Å². The van der Waals surface area contributed by atoms with Crippen molar-refractivity contribution in [1.29, 1.82) is 0 Å². The highest BCUT2D eigenvalue weighted by atomic mass is 28.3. The van der Waals surface area contributed by atoms with Crippen LogP contribution in [-0.2, 0) is 0 Å². The van der Waals surface area contributed by atoms with Gasteiger partial charge in [-0.3, -0.25) is 0 Å². The molecule has 0 radical (unpaired) electrons. The molecule has 1 aliphatic heterocycles. The number of nitrogens with zero attached hydrogens (tertiary/aromatic N) is 1. The van der Waals surface area contributed by atoms with Gasteiger partial charge in [-0.15, -0.1) is 12.3 Å². The third-order valence-corrected chi connectivity index (χ3v) is 5.14. The largest absolute Gasteiger partial charge is 0.301 e. The fourth-order valence-corrected chi connectivity index (χ4v) is 2.43. The van der Waals surface area contributed by atoms with Gasteiger partial charge in [0.05, 0.1) is 8.07 Å². The van der Waals surface area contributed by atoms with Crippen molar-refractivity contribution in [2.24, 2.45) is 0 Å². The molecule has 1 saturated heterocycles. The van der Waals surface area contributed by atoms with Crippen LogP contribution in [0.4, 0.5) is 0 Å². The Balaban J connectivity index is 2.04. The van der Waals surface area contributed by atoms with E-state index in [0.717, 1.165) is 0 Å². The number of rotatable bonds is 5. The maximum atomic E-state index is 3.89. The smallest absolute Gasteiger partial charge is 0.0710 e. The van der Waals surface area contributed by atoms with E-state index in [4.69, 9.17) is 0 Å². The molecule has 0 amide bonds. The van der Waals surface area contributed by atoms with Crippen molar-refractivity contribution in [2.75, 3.05) is 19.6 Å². The first-order valence-corrected chi connectivity index (χ1v) is 7.78. The first kappa shape index (κ1) is 9.01. The maximum Gasteiger partial charge on any atom is 0.0710 e. The van der Waals surface area contributed by atoms with E-state index < -0.39 is 8.07 Å². The second-order valence-corrected chi connectivity index (χ2v) is 9.02. The molecule has 0 atom stereocenters. The fourth-order valence-electron chi connectivity index (χ4n) is 1.15. The number of hydrogen-bond donors (Lipinski definition) is 0. The quantitative estimate of drug-likeness (QED) is 0.450. The van der Waals surface area contributed by atoms with Crippen LogP contribution in [0.5, 0.6) is 0 Å². The standard InChI is InChI=1S/C9H19NSi/c1-4-11(2,3)9-5-6-10-7-8-10/h4H,1,5-9H2,2-3H3. The summed E-state index contributed by atoms with van der Waals surface area (Å²) in [6.45, 7) is 12.7. The Hall–Kier alpha value is -0.0831. The van der Waals surface area contributed by atoms with Gasteiger partial charge in [-0.1, -0.05) is 19.1 Å². The molecule has 0 spiro atoms. The van der Waals surface area contributed by atoms with Gasteiger partial charge in [0.25, 0.3) is 0 Å². The van der Waals surface area contributed by atoms with E-state index in [1.54, 1.807) is 0 Å². The summed E-state index contributed by atoms with van der Waals surface area (Å²) in [5.41, 5.74) is 2.20. The van der Waals surface area contributed by atoms with Gasteiger partial charge in [-0.2, -0.15) is 0 Å². The summed E-state index contributed by atoms with van der Waals surface area (Å²) in [5, 5.41) is 0. The van der Waals surface area contributed by atoms with Crippen LogP contribution in [0.2, 0.25) is 19.1 Å². The van der Waals surface area contributed by atoms with Crippen molar-refractivity contribution in [3.63, 3.8) is 0 Å². The fraction of sp³-hybridized carbons (Fsp3) is 0.778. The van der Waals surface area contributed by atoms with Gasteiger partial charge >= 0.3 is 0 Å². The van der Waals surface area contributed by atoms with Crippen molar-refractivity contribution in [1.82, 2.24) is 4.90 Å². The van der Waals surface area contributed by atoms with Gasteiger partial charge in [0, 0.05) is 13.1 Å². The summed E-state index contributed by atoms with van der Waals surface area (Å²) in [7, 11) is -0.979. The Bertz CT molecular complexity index is 138. The molecule has 0 saturated carbocycles. The molecule has 1 heterocycles. The Morgan fingerprint density at radius 2 is 2.09 bits per heavy atom. The van der Waals surface area contributed by atoms with E-state index in [1.165, 1.54) is 32.1 Å². The minimum Gasteiger partial charge on any atom is -0.301 e. The lowest BCUT2D eigenvalue weighted by Gasteiger charge is -2.16. The van der Waals surface area contributed by atoms with E-state index in [2.05, 4.69) is 30.3 Å². The van der Waals surface area contributed by atoms with E-state index in [1.807, 2.05) is 0 Å². The summed E-state index contributed by atoms with van der Waals surface area (Å²) >= 11 is 0. The number of hydrogen-bond acceptors (Lipinski definition) is 1. The monoisotopic (exact) mass is 169 g/mol. The average molecular weight is 169 g/mol. The van der Waals surface area contributed by atoms with Crippen molar-refractivity contribution >= 4 is 8.07 Å². The van der Waals surface area contributed by atoms with E-state index >= 15 is 0 Å². The molecule has 64 valence electrons. The van der Waals surface area contributed by atoms with Gasteiger partial charge in [0.2, 0.25) is 0 Å². The minimum absolute atomic E-state index is 0.979. The predicted octanol–water partition coefficient (Wildman–Crippen LogP) is 2.13. The average Bonchev–Trinajstić information content (AvgIpc) is 2.71. The Morgan fingerprint density at radius 3 is 2.55 bits per heavy atom. The van der Waals surface area contributed by atoms with Crippen LogP contribution in [0.25, 0.3) is 0 Å². The molecule has 0 unspecified atom stereocenters. The van der Waals surface area contributed by atoms with Crippen molar-refractivity contribution in [2.45, 2.75) is 25.6 Å². The molecule has 0 aliphatic carbocycles. The second kappa shape index (κ2) is 3.54. The molecular weight excluding hydrogens is 150 g/mol. The van der Waals surface area contributed by atoms with Crippen LogP contribution in [0, 0.1) is 0 Å². The van der Waals surface area contributed by atoms with Crippen molar-refractivity contribution < 1.29 is 0 Å². The minimum atomic E-state index is -0.979. The molecule has 0 N–H and O–H groups in total. The maximum absolute atomic E-state index is 3.89. The zero-order valence-electron chi connectivity index (χ0n) is 7.77. The zero-order valence-corrected chi connectivity index (χ0v) is 8.77. The zero-order chi connectivity index (χ0) is 8.32. The van der Waals surface area contributed by atoms with Crippen LogP contribution < -0.4 is 0 Å². The molecule has 0 bridgehead atoms. The summed E-state index contributed by atoms with van der Waals surface area (Å²) in [5.74, 6) is 0. The molecule has 11 heavy (non-hydrogen) atoms.